The number of Topliss-reactive ketones (excluding diaryl/α,β-unsaturated/α-hetero) is 1. The number of hydrogen-bond donors (Lipinski definition) is 1. The van der Waals surface area contributed by atoms with Crippen LogP contribution < -0.4 is 0 Å². The first-order valence-electron chi connectivity index (χ1n) is 8.30. The van der Waals surface area contributed by atoms with Crippen LogP contribution in [0.15, 0.2) is 0 Å². The monoisotopic (exact) mass is 347 g/mol. The number of nitrogens with one attached hydrogen (secondary N) is 1. The normalized spacial score (nSPS) is 24.9. The Hall–Kier alpha value is -2.56. The van der Waals surface area contributed by atoms with Crippen molar-refractivity contribution in [1.82, 2.24) is 4.90 Å². The standard InChI is InChI=1S/C17H21N3O5/c1-9(19)13(7-18)14(21)8-25-17(24)10(2)20-15(22)11-5-3-4-6-12(11)16(20)23/h10-13,19H,3-6,8H2,1-2H3/t10-,11+,12+,13-/m0/s1. The summed E-state index contributed by atoms with van der Waals surface area (Å²) in [6, 6.07) is 0.562. The molecule has 2 rings (SSSR count). The van der Waals surface area contributed by atoms with E-state index >= 15 is 0 Å². The molecule has 0 radical (unpaired) electrons. The predicted octanol–water partition coefficient (Wildman–Crippen LogP) is 0.842. The van der Waals surface area contributed by atoms with Crippen LogP contribution in [0.25, 0.3) is 0 Å². The van der Waals surface area contributed by atoms with Gasteiger partial charge in [0.2, 0.25) is 11.8 Å². The maximum atomic E-state index is 12.4. The number of imide groups is 1. The number of likely N-dealkylation sites (tertiary alicyclic amines) is 1. The molecule has 1 heterocycles. The zero-order chi connectivity index (χ0) is 18.7. The highest BCUT2D eigenvalue weighted by Gasteiger charge is 2.51. The Morgan fingerprint density at radius 2 is 1.80 bits per heavy atom. The van der Waals surface area contributed by atoms with Gasteiger partial charge in [-0.3, -0.25) is 19.3 Å². The fourth-order valence-corrected chi connectivity index (χ4v) is 3.43. The van der Waals surface area contributed by atoms with Crippen molar-refractivity contribution in [3.8, 4) is 6.07 Å². The van der Waals surface area contributed by atoms with Crippen LogP contribution in [0.3, 0.4) is 0 Å². The largest absolute Gasteiger partial charge is 0.456 e. The van der Waals surface area contributed by atoms with Gasteiger partial charge in [0, 0.05) is 5.71 Å². The summed E-state index contributed by atoms with van der Waals surface area (Å²) in [5.41, 5.74) is -0.134. The smallest absolute Gasteiger partial charge is 0.329 e. The number of ether oxygens (including phenoxy) is 1. The van der Waals surface area contributed by atoms with Crippen LogP contribution >= 0.6 is 0 Å². The van der Waals surface area contributed by atoms with E-state index in [0.717, 1.165) is 17.7 Å². The highest BCUT2D eigenvalue weighted by atomic mass is 16.5. The van der Waals surface area contributed by atoms with Crippen LogP contribution in [0.1, 0.15) is 39.5 Å². The van der Waals surface area contributed by atoms with Crippen LogP contribution in [-0.2, 0) is 23.9 Å². The van der Waals surface area contributed by atoms with Crippen molar-refractivity contribution in [2.75, 3.05) is 6.61 Å². The average molecular weight is 347 g/mol. The average Bonchev–Trinajstić information content (AvgIpc) is 2.84. The molecule has 1 aliphatic carbocycles. The van der Waals surface area contributed by atoms with Gasteiger partial charge in [0.05, 0.1) is 17.9 Å². The lowest BCUT2D eigenvalue weighted by Gasteiger charge is -2.21. The van der Waals surface area contributed by atoms with E-state index in [1.807, 2.05) is 0 Å². The van der Waals surface area contributed by atoms with Crippen LogP contribution in [0.5, 0.6) is 0 Å². The van der Waals surface area contributed by atoms with E-state index in [1.54, 1.807) is 6.07 Å². The lowest BCUT2D eigenvalue weighted by Crippen LogP contribution is -2.45. The summed E-state index contributed by atoms with van der Waals surface area (Å²) < 4.78 is 4.88. The molecule has 2 amide bonds. The molecule has 0 bridgehead atoms. The second-order valence-electron chi connectivity index (χ2n) is 6.54. The molecule has 0 spiro atoms. The molecule has 8 nitrogen and oxygen atoms in total. The van der Waals surface area contributed by atoms with Gasteiger partial charge < -0.3 is 10.1 Å². The van der Waals surface area contributed by atoms with Crippen LogP contribution in [-0.4, -0.2) is 46.8 Å². The fraction of sp³-hybridized carbons (Fsp3) is 0.647. The van der Waals surface area contributed by atoms with E-state index in [9.17, 15) is 19.2 Å². The van der Waals surface area contributed by atoms with Crippen molar-refractivity contribution >= 4 is 29.3 Å². The van der Waals surface area contributed by atoms with Crippen molar-refractivity contribution in [1.29, 1.82) is 10.7 Å². The Balaban J connectivity index is 1.99. The Kier molecular flexibility index (Phi) is 5.67. The quantitative estimate of drug-likeness (QED) is 0.431. The van der Waals surface area contributed by atoms with Crippen molar-refractivity contribution < 1.29 is 23.9 Å². The van der Waals surface area contributed by atoms with Crippen molar-refractivity contribution in [3.05, 3.63) is 0 Å². The Morgan fingerprint density at radius 1 is 1.28 bits per heavy atom. The molecule has 134 valence electrons. The third kappa shape index (κ3) is 3.60. The second-order valence-corrected chi connectivity index (χ2v) is 6.54. The zero-order valence-electron chi connectivity index (χ0n) is 14.3. The zero-order valence-corrected chi connectivity index (χ0v) is 14.3. The van der Waals surface area contributed by atoms with Gasteiger partial charge in [-0.25, -0.2) is 4.79 Å². The van der Waals surface area contributed by atoms with Gasteiger partial charge in [-0.15, -0.1) is 0 Å². The number of nitriles is 1. The molecule has 8 heteroatoms. The predicted molar refractivity (Wildman–Crippen MR) is 85.2 cm³/mol. The topological polar surface area (TPSA) is 128 Å². The number of carbonyl (C=O) groups is 4. The number of ketones is 1. The van der Waals surface area contributed by atoms with Gasteiger partial charge in [0.25, 0.3) is 0 Å². The number of nitrogens with zero attached hydrogens (tertiary/aromatic N) is 2. The highest BCUT2D eigenvalue weighted by molar-refractivity contribution is 6.08. The maximum Gasteiger partial charge on any atom is 0.329 e. The van der Waals surface area contributed by atoms with Crippen LogP contribution in [0, 0.1) is 34.5 Å². The minimum absolute atomic E-state index is 0.134. The molecule has 0 aromatic heterocycles. The third-order valence-corrected chi connectivity index (χ3v) is 4.84. The first kappa shape index (κ1) is 18.8. The fourth-order valence-electron chi connectivity index (χ4n) is 3.43. The van der Waals surface area contributed by atoms with Crippen molar-refractivity contribution in [2.45, 2.75) is 45.6 Å². The summed E-state index contributed by atoms with van der Waals surface area (Å²) in [6.45, 7) is 2.05. The molecule has 1 aliphatic heterocycles. The van der Waals surface area contributed by atoms with Crippen LogP contribution in [0.4, 0.5) is 0 Å². The lowest BCUT2D eigenvalue weighted by molar-refractivity contribution is -0.159. The Labute approximate surface area is 145 Å². The number of fused-ring (bicyclic) bond motifs is 1. The highest BCUT2D eigenvalue weighted by Crippen LogP contribution is 2.38. The molecule has 1 N–H and O–H groups in total. The van der Waals surface area contributed by atoms with E-state index in [-0.39, 0.29) is 29.4 Å². The maximum absolute atomic E-state index is 12.4. The van der Waals surface area contributed by atoms with E-state index < -0.39 is 30.3 Å². The first-order valence-corrected chi connectivity index (χ1v) is 8.30. The van der Waals surface area contributed by atoms with Gasteiger partial charge in [-0.05, 0) is 26.7 Å². The molecular formula is C17H21N3O5. The van der Waals surface area contributed by atoms with Gasteiger partial charge in [0.15, 0.2) is 12.4 Å². The minimum atomic E-state index is -1.26. The summed E-state index contributed by atoms with van der Waals surface area (Å²) in [6.07, 6.45) is 3.07. The molecule has 4 atom stereocenters. The number of rotatable bonds is 6. The summed E-state index contributed by atoms with van der Waals surface area (Å²) >= 11 is 0. The van der Waals surface area contributed by atoms with Crippen LogP contribution in [0.2, 0.25) is 0 Å². The minimum Gasteiger partial charge on any atom is -0.456 e. The lowest BCUT2D eigenvalue weighted by atomic mass is 9.81. The van der Waals surface area contributed by atoms with E-state index in [1.165, 1.54) is 13.8 Å². The molecular weight excluding hydrogens is 326 g/mol. The molecule has 1 saturated heterocycles. The van der Waals surface area contributed by atoms with Gasteiger partial charge >= 0.3 is 5.97 Å². The number of hydrogen-bond acceptors (Lipinski definition) is 7. The summed E-state index contributed by atoms with van der Waals surface area (Å²) in [5, 5.41) is 16.2. The molecule has 2 fully saturated rings. The molecule has 0 unspecified atom stereocenters. The Morgan fingerprint density at radius 3 is 2.24 bits per heavy atom. The number of amides is 2. The van der Waals surface area contributed by atoms with E-state index in [2.05, 4.69) is 0 Å². The van der Waals surface area contributed by atoms with Gasteiger partial charge in [0.1, 0.15) is 12.0 Å². The number of esters is 1. The van der Waals surface area contributed by atoms with Gasteiger partial charge in [-0.2, -0.15) is 5.26 Å². The summed E-state index contributed by atoms with van der Waals surface area (Å²) in [7, 11) is 0. The number of carbonyl (C=O) groups excluding carboxylic acids is 4. The van der Waals surface area contributed by atoms with E-state index in [4.69, 9.17) is 15.4 Å². The molecule has 25 heavy (non-hydrogen) atoms. The van der Waals surface area contributed by atoms with Gasteiger partial charge in [-0.1, -0.05) is 12.8 Å². The Bertz CT molecular complexity index is 642. The summed E-state index contributed by atoms with van der Waals surface area (Å²) in [5.74, 6) is -4.26. The third-order valence-electron chi connectivity index (χ3n) is 4.84. The molecule has 0 aromatic carbocycles. The molecule has 1 saturated carbocycles. The summed E-state index contributed by atoms with van der Waals surface area (Å²) in [4.78, 5) is 49.8. The SMILES string of the molecule is CC(=N)[C@H](C#N)C(=O)COC(=O)[C@H](C)N1C(=O)[C@@H]2CCCC[C@H]2C1=O. The second kappa shape index (κ2) is 7.55. The first-order chi connectivity index (χ1) is 11.8. The molecule has 0 aromatic rings. The molecule has 2 aliphatic rings. The van der Waals surface area contributed by atoms with Crippen molar-refractivity contribution in [3.63, 3.8) is 0 Å². The van der Waals surface area contributed by atoms with E-state index in [0.29, 0.717) is 12.8 Å². The van der Waals surface area contributed by atoms with Crippen molar-refractivity contribution in [2.24, 2.45) is 17.8 Å².